The van der Waals surface area contributed by atoms with Crippen LogP contribution in [0.5, 0.6) is 0 Å². The van der Waals surface area contributed by atoms with Gasteiger partial charge in [-0.3, -0.25) is 4.99 Å². The van der Waals surface area contributed by atoms with Crippen LogP contribution in [0.15, 0.2) is 17.8 Å². The fourth-order valence-electron chi connectivity index (χ4n) is 0.603. The van der Waals surface area contributed by atoms with Crippen molar-refractivity contribution in [3.05, 3.63) is 12.8 Å². The lowest BCUT2D eigenvalue weighted by molar-refractivity contribution is 0.564. The molecular formula is C7H14N2. The lowest BCUT2D eigenvalue weighted by Gasteiger charge is -2.10. The largest absolute Gasteiger partial charge is 0.340 e. The SMILES string of the molecule is C=CN(C=NC)CCC. The fourth-order valence-corrected chi connectivity index (χ4v) is 0.603. The molecule has 2 heteroatoms. The van der Waals surface area contributed by atoms with E-state index < -0.39 is 0 Å². The van der Waals surface area contributed by atoms with Crippen molar-refractivity contribution in [2.75, 3.05) is 13.6 Å². The molecule has 0 spiro atoms. The van der Waals surface area contributed by atoms with Crippen LogP contribution in [-0.4, -0.2) is 24.8 Å². The molecule has 52 valence electrons. The van der Waals surface area contributed by atoms with Crippen molar-refractivity contribution in [3.8, 4) is 0 Å². The normalized spacial score (nSPS) is 10.0. The van der Waals surface area contributed by atoms with E-state index in [0.717, 1.165) is 13.0 Å². The van der Waals surface area contributed by atoms with Crippen molar-refractivity contribution in [1.29, 1.82) is 0 Å². The summed E-state index contributed by atoms with van der Waals surface area (Å²) in [4.78, 5) is 5.81. The maximum Gasteiger partial charge on any atom is 0.0885 e. The number of hydrogen-bond donors (Lipinski definition) is 0. The second kappa shape index (κ2) is 5.35. The van der Waals surface area contributed by atoms with Gasteiger partial charge in [-0.05, 0) is 12.6 Å². The highest BCUT2D eigenvalue weighted by Crippen LogP contribution is 1.85. The Morgan fingerprint density at radius 2 is 2.33 bits per heavy atom. The van der Waals surface area contributed by atoms with Crippen molar-refractivity contribution in [2.45, 2.75) is 13.3 Å². The minimum atomic E-state index is 1.00. The molecule has 0 aromatic heterocycles. The average Bonchev–Trinajstić information content (AvgIpc) is 1.88. The molecule has 0 bridgehead atoms. The summed E-state index contributed by atoms with van der Waals surface area (Å²) in [5.74, 6) is 0. The Morgan fingerprint density at radius 1 is 1.67 bits per heavy atom. The van der Waals surface area contributed by atoms with E-state index in [9.17, 15) is 0 Å². The summed E-state index contributed by atoms with van der Waals surface area (Å²) in [5, 5.41) is 0. The molecule has 0 amide bonds. The van der Waals surface area contributed by atoms with Gasteiger partial charge < -0.3 is 4.90 Å². The molecule has 0 saturated heterocycles. The number of hydrogen-bond acceptors (Lipinski definition) is 1. The average molecular weight is 126 g/mol. The Morgan fingerprint density at radius 3 is 2.67 bits per heavy atom. The Kier molecular flexibility index (Phi) is 4.88. The van der Waals surface area contributed by atoms with E-state index >= 15 is 0 Å². The van der Waals surface area contributed by atoms with Crippen LogP contribution >= 0.6 is 0 Å². The molecule has 0 aromatic rings. The third-order valence-electron chi connectivity index (χ3n) is 0.980. The first-order valence-corrected chi connectivity index (χ1v) is 3.15. The number of aliphatic imine (C=N–C) groups is 1. The molecule has 0 aliphatic heterocycles. The third kappa shape index (κ3) is 3.76. The van der Waals surface area contributed by atoms with Crippen LogP contribution in [0.3, 0.4) is 0 Å². The molecule has 0 rings (SSSR count). The zero-order chi connectivity index (χ0) is 7.11. The Balaban J connectivity index is 3.53. The van der Waals surface area contributed by atoms with Gasteiger partial charge in [-0.15, -0.1) is 0 Å². The van der Waals surface area contributed by atoms with Gasteiger partial charge in [0.15, 0.2) is 0 Å². The Labute approximate surface area is 56.9 Å². The monoisotopic (exact) mass is 126 g/mol. The highest BCUT2D eigenvalue weighted by Gasteiger charge is 1.87. The lowest BCUT2D eigenvalue weighted by Crippen LogP contribution is -2.14. The molecular weight excluding hydrogens is 112 g/mol. The highest BCUT2D eigenvalue weighted by atomic mass is 15.1. The second-order valence-electron chi connectivity index (χ2n) is 1.79. The quantitative estimate of drug-likeness (QED) is 0.411. The van der Waals surface area contributed by atoms with Crippen LogP contribution in [0.2, 0.25) is 0 Å². The predicted octanol–water partition coefficient (Wildman–Crippen LogP) is 1.50. The molecule has 0 fully saturated rings. The lowest BCUT2D eigenvalue weighted by atomic mass is 10.4. The van der Waals surface area contributed by atoms with Crippen LogP contribution in [0, 0.1) is 0 Å². The molecule has 0 aromatic carbocycles. The predicted molar refractivity (Wildman–Crippen MR) is 41.6 cm³/mol. The molecule has 0 atom stereocenters. The summed E-state index contributed by atoms with van der Waals surface area (Å²) >= 11 is 0. The van der Waals surface area contributed by atoms with E-state index in [1.54, 1.807) is 19.6 Å². The molecule has 2 nitrogen and oxygen atoms in total. The zero-order valence-electron chi connectivity index (χ0n) is 6.17. The number of nitrogens with zero attached hydrogens (tertiary/aromatic N) is 2. The van der Waals surface area contributed by atoms with Gasteiger partial charge in [0.25, 0.3) is 0 Å². The van der Waals surface area contributed by atoms with E-state index in [4.69, 9.17) is 0 Å². The smallest absolute Gasteiger partial charge is 0.0885 e. The molecule has 0 N–H and O–H groups in total. The summed E-state index contributed by atoms with van der Waals surface area (Å²) in [6, 6.07) is 0. The minimum Gasteiger partial charge on any atom is -0.340 e. The molecule has 0 unspecified atom stereocenters. The van der Waals surface area contributed by atoms with Gasteiger partial charge in [0.2, 0.25) is 0 Å². The van der Waals surface area contributed by atoms with Gasteiger partial charge in [0.1, 0.15) is 0 Å². The molecule has 9 heavy (non-hydrogen) atoms. The van der Waals surface area contributed by atoms with Crippen molar-refractivity contribution >= 4 is 6.34 Å². The summed E-state index contributed by atoms with van der Waals surface area (Å²) < 4.78 is 0. The first-order chi connectivity index (χ1) is 4.35. The van der Waals surface area contributed by atoms with Crippen molar-refractivity contribution in [1.82, 2.24) is 4.90 Å². The molecule has 0 heterocycles. The van der Waals surface area contributed by atoms with Gasteiger partial charge in [0.05, 0.1) is 6.34 Å². The molecule has 0 saturated carbocycles. The van der Waals surface area contributed by atoms with Crippen LogP contribution in [0.1, 0.15) is 13.3 Å². The van der Waals surface area contributed by atoms with Gasteiger partial charge in [-0.1, -0.05) is 13.5 Å². The highest BCUT2D eigenvalue weighted by molar-refractivity contribution is 5.55. The van der Waals surface area contributed by atoms with Crippen molar-refractivity contribution < 1.29 is 0 Å². The van der Waals surface area contributed by atoms with E-state index in [1.165, 1.54) is 0 Å². The van der Waals surface area contributed by atoms with E-state index in [2.05, 4.69) is 18.5 Å². The first kappa shape index (κ1) is 8.21. The van der Waals surface area contributed by atoms with Crippen LogP contribution in [0.4, 0.5) is 0 Å². The van der Waals surface area contributed by atoms with Gasteiger partial charge in [0, 0.05) is 13.6 Å². The summed E-state index contributed by atoms with van der Waals surface area (Å²) in [6.07, 6.45) is 4.67. The summed E-state index contributed by atoms with van der Waals surface area (Å²) in [7, 11) is 1.76. The van der Waals surface area contributed by atoms with E-state index in [-0.39, 0.29) is 0 Å². The molecule has 0 aliphatic carbocycles. The molecule has 0 radical (unpaired) electrons. The van der Waals surface area contributed by atoms with Gasteiger partial charge in [-0.2, -0.15) is 0 Å². The van der Waals surface area contributed by atoms with E-state index in [0.29, 0.717) is 0 Å². The molecule has 0 aliphatic rings. The van der Waals surface area contributed by atoms with Gasteiger partial charge in [-0.25, -0.2) is 0 Å². The maximum absolute atomic E-state index is 3.86. The zero-order valence-corrected chi connectivity index (χ0v) is 6.17. The summed E-state index contributed by atoms with van der Waals surface area (Å²) in [6.45, 7) is 6.76. The second-order valence-corrected chi connectivity index (χ2v) is 1.79. The van der Waals surface area contributed by atoms with Gasteiger partial charge >= 0.3 is 0 Å². The standard InChI is InChI=1S/C7H14N2/c1-4-6-9(5-2)7-8-3/h5,7H,2,4,6H2,1,3H3. The van der Waals surface area contributed by atoms with Crippen molar-refractivity contribution in [3.63, 3.8) is 0 Å². The summed E-state index contributed by atoms with van der Waals surface area (Å²) in [5.41, 5.74) is 0. The Bertz CT molecular complexity index is 97.1. The first-order valence-electron chi connectivity index (χ1n) is 3.15. The topological polar surface area (TPSA) is 15.6 Å². The number of rotatable bonds is 4. The van der Waals surface area contributed by atoms with Crippen LogP contribution in [0.25, 0.3) is 0 Å². The van der Waals surface area contributed by atoms with Crippen molar-refractivity contribution in [2.24, 2.45) is 4.99 Å². The fraction of sp³-hybridized carbons (Fsp3) is 0.571. The Hall–Kier alpha value is -0.790. The maximum atomic E-state index is 3.86. The minimum absolute atomic E-state index is 1.00. The van der Waals surface area contributed by atoms with E-state index in [1.807, 2.05) is 4.90 Å². The van der Waals surface area contributed by atoms with Crippen LogP contribution < -0.4 is 0 Å². The van der Waals surface area contributed by atoms with Crippen LogP contribution in [-0.2, 0) is 0 Å². The third-order valence-corrected chi connectivity index (χ3v) is 0.980.